The number of rotatable bonds is 9. The largest absolute Gasteiger partial charge is 0.494 e. The van der Waals surface area contributed by atoms with Crippen molar-refractivity contribution in [2.45, 2.75) is 19.6 Å². The summed E-state index contributed by atoms with van der Waals surface area (Å²) in [6.45, 7) is 4.26. The van der Waals surface area contributed by atoms with Crippen LogP contribution in [0.25, 0.3) is 0 Å². The van der Waals surface area contributed by atoms with Crippen LogP contribution in [0.3, 0.4) is 0 Å². The average molecular weight is 315 g/mol. The summed E-state index contributed by atoms with van der Waals surface area (Å²) in [7, 11) is 1.99. The maximum atomic E-state index is 10.1. The molecule has 0 heterocycles. The maximum Gasteiger partial charge on any atom is 0.119 e. The molecule has 124 valence electrons. The Morgan fingerprint density at radius 2 is 1.61 bits per heavy atom. The number of para-hydroxylation sites is 1. The van der Waals surface area contributed by atoms with E-state index in [0.29, 0.717) is 13.2 Å². The molecule has 0 saturated carbocycles. The molecule has 0 aliphatic rings. The van der Waals surface area contributed by atoms with Gasteiger partial charge < -0.3 is 14.6 Å². The van der Waals surface area contributed by atoms with Crippen LogP contribution in [0, 0.1) is 0 Å². The lowest BCUT2D eigenvalue weighted by atomic mass is 10.2. The maximum absolute atomic E-state index is 10.1. The molecule has 23 heavy (non-hydrogen) atoms. The monoisotopic (exact) mass is 315 g/mol. The van der Waals surface area contributed by atoms with E-state index in [1.165, 1.54) is 5.56 Å². The van der Waals surface area contributed by atoms with Crippen LogP contribution in [0.4, 0.5) is 0 Å². The molecule has 0 amide bonds. The van der Waals surface area contributed by atoms with Crippen molar-refractivity contribution < 1.29 is 14.6 Å². The van der Waals surface area contributed by atoms with Crippen molar-refractivity contribution in [2.75, 3.05) is 26.8 Å². The van der Waals surface area contributed by atoms with Crippen LogP contribution in [0.15, 0.2) is 54.6 Å². The van der Waals surface area contributed by atoms with Crippen molar-refractivity contribution in [1.29, 1.82) is 0 Å². The normalized spacial score (nSPS) is 12.2. The third-order valence-corrected chi connectivity index (χ3v) is 3.39. The third kappa shape index (κ3) is 6.30. The fraction of sp³-hybridized carbons (Fsp3) is 0.368. The van der Waals surface area contributed by atoms with E-state index in [1.54, 1.807) is 0 Å². The van der Waals surface area contributed by atoms with E-state index < -0.39 is 6.10 Å². The third-order valence-electron chi connectivity index (χ3n) is 3.39. The molecule has 4 nitrogen and oxygen atoms in total. The highest BCUT2D eigenvalue weighted by atomic mass is 16.5. The number of aliphatic hydroxyl groups is 1. The van der Waals surface area contributed by atoms with Crippen molar-refractivity contribution in [3.63, 3.8) is 0 Å². The van der Waals surface area contributed by atoms with Gasteiger partial charge in [-0.1, -0.05) is 30.3 Å². The molecule has 0 saturated heterocycles. The van der Waals surface area contributed by atoms with Gasteiger partial charge in [0.2, 0.25) is 0 Å². The van der Waals surface area contributed by atoms with Crippen LogP contribution in [0.1, 0.15) is 12.5 Å². The van der Waals surface area contributed by atoms with Gasteiger partial charge >= 0.3 is 0 Å². The first-order valence-electron chi connectivity index (χ1n) is 7.93. The second-order valence-corrected chi connectivity index (χ2v) is 5.55. The summed E-state index contributed by atoms with van der Waals surface area (Å²) >= 11 is 0. The van der Waals surface area contributed by atoms with Crippen molar-refractivity contribution >= 4 is 0 Å². The van der Waals surface area contributed by atoms with Crippen molar-refractivity contribution in [1.82, 2.24) is 4.90 Å². The van der Waals surface area contributed by atoms with Gasteiger partial charge in [0.15, 0.2) is 0 Å². The molecule has 0 bridgehead atoms. The molecular weight excluding hydrogens is 290 g/mol. The quantitative estimate of drug-likeness (QED) is 0.772. The second-order valence-electron chi connectivity index (χ2n) is 5.55. The number of likely N-dealkylation sites (N-methyl/N-ethyl adjacent to an activating group) is 1. The Kier molecular flexibility index (Phi) is 6.91. The topological polar surface area (TPSA) is 41.9 Å². The zero-order chi connectivity index (χ0) is 16.5. The molecule has 2 rings (SSSR count). The fourth-order valence-electron chi connectivity index (χ4n) is 2.36. The predicted molar refractivity (Wildman–Crippen MR) is 91.9 cm³/mol. The van der Waals surface area contributed by atoms with E-state index in [1.807, 2.05) is 68.6 Å². The summed E-state index contributed by atoms with van der Waals surface area (Å²) in [6.07, 6.45) is -0.525. The minimum atomic E-state index is -0.525. The summed E-state index contributed by atoms with van der Waals surface area (Å²) in [6, 6.07) is 17.6. The molecule has 0 fully saturated rings. The summed E-state index contributed by atoms with van der Waals surface area (Å²) in [5, 5.41) is 10.1. The van der Waals surface area contributed by atoms with Crippen molar-refractivity contribution in [3.05, 3.63) is 60.2 Å². The molecule has 4 heteroatoms. The molecule has 2 aromatic carbocycles. The lowest BCUT2D eigenvalue weighted by Gasteiger charge is -2.21. The molecule has 2 aromatic rings. The standard InChI is InChI=1S/C19H25NO3/c1-3-22-19-11-9-16(10-12-19)13-20(2)14-17(21)15-23-18-7-5-4-6-8-18/h4-12,17,21H,3,13-15H2,1-2H3. The SMILES string of the molecule is CCOc1ccc(CN(C)CC(O)COc2ccccc2)cc1. The Hall–Kier alpha value is -2.04. The molecule has 1 unspecified atom stereocenters. The van der Waals surface area contributed by atoms with Gasteiger partial charge in [-0.25, -0.2) is 0 Å². The Morgan fingerprint density at radius 1 is 0.957 bits per heavy atom. The van der Waals surface area contributed by atoms with Crippen LogP contribution in [0.5, 0.6) is 11.5 Å². The lowest BCUT2D eigenvalue weighted by Crippen LogP contribution is -2.32. The Balaban J connectivity index is 1.73. The number of nitrogens with zero attached hydrogens (tertiary/aromatic N) is 1. The van der Waals surface area contributed by atoms with E-state index in [9.17, 15) is 5.11 Å². The first-order valence-corrected chi connectivity index (χ1v) is 7.93. The first-order chi connectivity index (χ1) is 11.2. The van der Waals surface area contributed by atoms with E-state index in [2.05, 4.69) is 4.90 Å². The van der Waals surface area contributed by atoms with Gasteiger partial charge in [-0.3, -0.25) is 4.90 Å². The van der Waals surface area contributed by atoms with E-state index in [4.69, 9.17) is 9.47 Å². The number of hydrogen-bond acceptors (Lipinski definition) is 4. The summed E-state index contributed by atoms with van der Waals surface area (Å²) in [5.74, 6) is 1.66. The molecule has 0 aliphatic carbocycles. The smallest absolute Gasteiger partial charge is 0.119 e. The molecule has 1 atom stereocenters. The van der Waals surface area contributed by atoms with Crippen LogP contribution < -0.4 is 9.47 Å². The summed E-state index contributed by atoms with van der Waals surface area (Å²) in [4.78, 5) is 2.08. The Bertz CT molecular complexity index is 557. The van der Waals surface area contributed by atoms with Crippen LogP contribution in [0.2, 0.25) is 0 Å². The second kappa shape index (κ2) is 9.18. The minimum Gasteiger partial charge on any atom is -0.494 e. The van der Waals surface area contributed by atoms with Crippen molar-refractivity contribution in [2.24, 2.45) is 0 Å². The first kappa shape index (κ1) is 17.3. The molecule has 0 spiro atoms. The van der Waals surface area contributed by atoms with Gasteiger partial charge in [-0.15, -0.1) is 0 Å². The van der Waals surface area contributed by atoms with Gasteiger partial charge in [0.1, 0.15) is 24.2 Å². The van der Waals surface area contributed by atoms with Crippen LogP contribution in [-0.2, 0) is 6.54 Å². The van der Waals surface area contributed by atoms with E-state index in [0.717, 1.165) is 18.0 Å². The number of aliphatic hydroxyl groups excluding tert-OH is 1. The van der Waals surface area contributed by atoms with Crippen LogP contribution in [-0.4, -0.2) is 42.9 Å². The van der Waals surface area contributed by atoms with Gasteiger partial charge in [-0.2, -0.15) is 0 Å². The highest BCUT2D eigenvalue weighted by molar-refractivity contribution is 5.27. The minimum absolute atomic E-state index is 0.289. The molecule has 0 radical (unpaired) electrons. The average Bonchev–Trinajstić information content (AvgIpc) is 2.56. The number of benzene rings is 2. The predicted octanol–water partition coefficient (Wildman–Crippen LogP) is 2.96. The number of ether oxygens (including phenoxy) is 2. The zero-order valence-electron chi connectivity index (χ0n) is 13.8. The molecule has 0 aromatic heterocycles. The summed E-state index contributed by atoms with van der Waals surface area (Å²) < 4.78 is 11.0. The molecular formula is C19H25NO3. The lowest BCUT2D eigenvalue weighted by molar-refractivity contribution is 0.0744. The van der Waals surface area contributed by atoms with Gasteiger partial charge in [-0.05, 0) is 43.8 Å². The van der Waals surface area contributed by atoms with Gasteiger partial charge in [0.05, 0.1) is 6.61 Å². The van der Waals surface area contributed by atoms with E-state index >= 15 is 0 Å². The molecule has 1 N–H and O–H groups in total. The van der Waals surface area contributed by atoms with Gasteiger partial charge in [0, 0.05) is 13.1 Å². The van der Waals surface area contributed by atoms with E-state index in [-0.39, 0.29) is 6.61 Å². The zero-order valence-corrected chi connectivity index (χ0v) is 13.8. The summed E-state index contributed by atoms with van der Waals surface area (Å²) in [5.41, 5.74) is 1.19. The van der Waals surface area contributed by atoms with Gasteiger partial charge in [0.25, 0.3) is 0 Å². The molecule has 0 aliphatic heterocycles. The highest BCUT2D eigenvalue weighted by Gasteiger charge is 2.10. The highest BCUT2D eigenvalue weighted by Crippen LogP contribution is 2.13. The van der Waals surface area contributed by atoms with Crippen molar-refractivity contribution in [3.8, 4) is 11.5 Å². The fourth-order valence-corrected chi connectivity index (χ4v) is 2.36. The Labute approximate surface area is 138 Å². The number of hydrogen-bond donors (Lipinski definition) is 1. The Morgan fingerprint density at radius 3 is 2.26 bits per heavy atom. The van der Waals surface area contributed by atoms with Crippen LogP contribution >= 0.6 is 0 Å².